The predicted octanol–water partition coefficient (Wildman–Crippen LogP) is 2.14. The molecule has 1 aliphatic carbocycles. The Hall–Kier alpha value is -1.48. The Morgan fingerprint density at radius 2 is 1.86 bits per heavy atom. The zero-order valence-electron chi connectivity index (χ0n) is 17.4. The average Bonchev–Trinajstić information content (AvgIpc) is 2.72. The second-order valence-corrected chi connectivity index (χ2v) is 10.1. The van der Waals surface area contributed by atoms with Crippen LogP contribution in [0, 0.1) is 0 Å². The van der Waals surface area contributed by atoms with Crippen molar-refractivity contribution in [2.24, 2.45) is 0 Å². The van der Waals surface area contributed by atoms with Gasteiger partial charge in [-0.25, -0.2) is 13.1 Å². The fourth-order valence-corrected chi connectivity index (χ4v) is 5.68. The molecule has 0 aromatic heterocycles. The second-order valence-electron chi connectivity index (χ2n) is 8.37. The van der Waals surface area contributed by atoms with Crippen molar-refractivity contribution in [1.82, 2.24) is 14.9 Å². The van der Waals surface area contributed by atoms with Gasteiger partial charge in [-0.05, 0) is 44.9 Å². The Labute approximate surface area is 174 Å². The van der Waals surface area contributed by atoms with Crippen LogP contribution >= 0.6 is 0 Å². The van der Waals surface area contributed by atoms with Gasteiger partial charge in [0.2, 0.25) is 10.0 Å². The van der Waals surface area contributed by atoms with E-state index in [-0.39, 0.29) is 22.4 Å². The topological polar surface area (TPSA) is 87.7 Å². The van der Waals surface area contributed by atoms with Gasteiger partial charge in [-0.3, -0.25) is 9.69 Å². The summed E-state index contributed by atoms with van der Waals surface area (Å²) in [5.74, 6) is -0.232. The quantitative estimate of drug-likeness (QED) is 0.702. The number of hydrogen-bond donors (Lipinski definition) is 2. The van der Waals surface area contributed by atoms with Crippen molar-refractivity contribution in [3.05, 3.63) is 29.8 Å². The van der Waals surface area contributed by atoms with Gasteiger partial charge in [0.05, 0.1) is 18.1 Å². The van der Waals surface area contributed by atoms with Crippen LogP contribution in [0.15, 0.2) is 29.2 Å². The average molecular weight is 424 g/mol. The molecule has 1 saturated carbocycles. The van der Waals surface area contributed by atoms with E-state index in [1.54, 1.807) is 26.0 Å². The van der Waals surface area contributed by atoms with Crippen molar-refractivity contribution >= 4 is 15.9 Å². The fourth-order valence-electron chi connectivity index (χ4n) is 4.38. The first kappa shape index (κ1) is 22.2. The fraction of sp³-hybridized carbons (Fsp3) is 0.667. The van der Waals surface area contributed by atoms with Crippen molar-refractivity contribution in [3.63, 3.8) is 0 Å². The van der Waals surface area contributed by atoms with Crippen LogP contribution in [-0.2, 0) is 14.8 Å². The standard InChI is InChI=1S/C21H33N3O4S/c1-17(2)23-29(26,27)19-8-6-7-18(15-19)20(25)22-16-21(9-4-3-5-10-21)24-11-13-28-14-12-24/h6-8,15,17,23H,3-5,9-14,16H2,1-2H3,(H,22,25). The maximum Gasteiger partial charge on any atom is 0.251 e. The highest BCUT2D eigenvalue weighted by Gasteiger charge is 2.38. The Morgan fingerprint density at radius 1 is 1.17 bits per heavy atom. The van der Waals surface area contributed by atoms with Gasteiger partial charge in [0.1, 0.15) is 0 Å². The molecule has 2 N–H and O–H groups in total. The third kappa shape index (κ3) is 5.57. The third-order valence-electron chi connectivity index (χ3n) is 5.84. The van der Waals surface area contributed by atoms with Gasteiger partial charge in [0.15, 0.2) is 0 Å². The van der Waals surface area contributed by atoms with E-state index in [0.717, 1.165) is 39.1 Å². The van der Waals surface area contributed by atoms with Gasteiger partial charge in [-0.15, -0.1) is 0 Å². The first-order valence-corrected chi connectivity index (χ1v) is 12.0. The van der Waals surface area contributed by atoms with Gasteiger partial charge in [0.25, 0.3) is 5.91 Å². The van der Waals surface area contributed by atoms with E-state index in [1.165, 1.54) is 31.4 Å². The highest BCUT2D eigenvalue weighted by atomic mass is 32.2. The number of rotatable bonds is 7. The van der Waals surface area contributed by atoms with Crippen molar-refractivity contribution in [2.75, 3.05) is 32.8 Å². The van der Waals surface area contributed by atoms with Crippen LogP contribution in [0.2, 0.25) is 0 Å². The zero-order valence-corrected chi connectivity index (χ0v) is 18.3. The first-order chi connectivity index (χ1) is 13.8. The number of nitrogens with one attached hydrogen (secondary N) is 2. The Kier molecular flexibility index (Phi) is 7.32. The predicted molar refractivity (Wildman–Crippen MR) is 112 cm³/mol. The van der Waals surface area contributed by atoms with Crippen molar-refractivity contribution < 1.29 is 17.9 Å². The summed E-state index contributed by atoms with van der Waals surface area (Å²) in [6, 6.07) is 6.02. The molecule has 2 aliphatic rings. The van der Waals surface area contributed by atoms with E-state index < -0.39 is 10.0 Å². The minimum absolute atomic E-state index is 0.0272. The molecule has 0 radical (unpaired) electrons. The monoisotopic (exact) mass is 423 g/mol. The molecule has 0 spiro atoms. The van der Waals surface area contributed by atoms with E-state index in [9.17, 15) is 13.2 Å². The van der Waals surface area contributed by atoms with E-state index >= 15 is 0 Å². The summed E-state index contributed by atoms with van der Waals surface area (Å²) in [4.78, 5) is 15.4. The molecule has 29 heavy (non-hydrogen) atoms. The number of amides is 1. The molecule has 1 heterocycles. The van der Waals surface area contributed by atoms with E-state index in [1.807, 2.05) is 0 Å². The Bertz CT molecular complexity index is 798. The van der Waals surface area contributed by atoms with Gasteiger partial charge >= 0.3 is 0 Å². The highest BCUT2D eigenvalue weighted by Crippen LogP contribution is 2.34. The normalized spacial score (nSPS) is 20.5. The molecular weight excluding hydrogens is 390 g/mol. The van der Waals surface area contributed by atoms with E-state index in [2.05, 4.69) is 14.9 Å². The van der Waals surface area contributed by atoms with Gasteiger partial charge in [-0.2, -0.15) is 0 Å². The Balaban J connectivity index is 1.71. The summed E-state index contributed by atoms with van der Waals surface area (Å²) in [5, 5.41) is 3.09. The number of sulfonamides is 1. The third-order valence-corrected chi connectivity index (χ3v) is 7.50. The number of nitrogens with zero attached hydrogens (tertiary/aromatic N) is 1. The van der Waals surface area contributed by atoms with Crippen LogP contribution in [0.4, 0.5) is 0 Å². The minimum atomic E-state index is -3.63. The maximum atomic E-state index is 12.8. The zero-order chi connectivity index (χ0) is 20.9. The van der Waals surface area contributed by atoms with Gasteiger partial charge in [0, 0.05) is 36.8 Å². The van der Waals surface area contributed by atoms with Crippen LogP contribution in [0.3, 0.4) is 0 Å². The minimum Gasteiger partial charge on any atom is -0.379 e. The lowest BCUT2D eigenvalue weighted by Crippen LogP contribution is -2.59. The molecule has 0 atom stereocenters. The molecule has 162 valence electrons. The molecule has 3 rings (SSSR count). The van der Waals surface area contributed by atoms with Gasteiger partial charge in [-0.1, -0.05) is 25.3 Å². The number of hydrogen-bond acceptors (Lipinski definition) is 5. The summed E-state index contributed by atoms with van der Waals surface area (Å²) >= 11 is 0. The lowest BCUT2D eigenvalue weighted by atomic mass is 9.79. The van der Waals surface area contributed by atoms with Crippen LogP contribution in [-0.4, -0.2) is 63.7 Å². The largest absolute Gasteiger partial charge is 0.379 e. The molecular formula is C21H33N3O4S. The van der Waals surface area contributed by atoms with Crippen LogP contribution in [0.25, 0.3) is 0 Å². The van der Waals surface area contributed by atoms with Crippen LogP contribution < -0.4 is 10.0 Å². The van der Waals surface area contributed by atoms with Gasteiger partial charge < -0.3 is 10.1 Å². The summed E-state index contributed by atoms with van der Waals surface area (Å²) in [6.45, 7) is 7.37. The van der Waals surface area contributed by atoms with Crippen LogP contribution in [0.1, 0.15) is 56.3 Å². The number of benzene rings is 1. The lowest BCUT2D eigenvalue weighted by Gasteiger charge is -2.48. The molecule has 1 aromatic rings. The van der Waals surface area contributed by atoms with E-state index in [0.29, 0.717) is 12.1 Å². The van der Waals surface area contributed by atoms with Crippen LogP contribution in [0.5, 0.6) is 0 Å². The van der Waals surface area contributed by atoms with Crippen molar-refractivity contribution in [1.29, 1.82) is 0 Å². The SMILES string of the molecule is CC(C)NS(=O)(=O)c1cccc(C(=O)NCC2(N3CCOCC3)CCCCC2)c1. The molecule has 1 saturated heterocycles. The highest BCUT2D eigenvalue weighted by molar-refractivity contribution is 7.89. The summed E-state index contributed by atoms with van der Waals surface area (Å²) < 4.78 is 32.9. The molecule has 0 unspecified atom stereocenters. The summed E-state index contributed by atoms with van der Waals surface area (Å²) in [7, 11) is -3.63. The molecule has 1 aromatic carbocycles. The molecule has 8 heteroatoms. The maximum absolute atomic E-state index is 12.8. The molecule has 1 aliphatic heterocycles. The molecule has 1 amide bonds. The summed E-state index contributed by atoms with van der Waals surface area (Å²) in [5.41, 5.74) is 0.338. The number of carbonyl (C=O) groups excluding carboxylic acids is 1. The molecule has 2 fully saturated rings. The molecule has 7 nitrogen and oxygen atoms in total. The smallest absolute Gasteiger partial charge is 0.251 e. The van der Waals surface area contributed by atoms with Crippen molar-refractivity contribution in [3.8, 4) is 0 Å². The van der Waals surface area contributed by atoms with Crippen molar-refractivity contribution in [2.45, 2.75) is 62.4 Å². The second kappa shape index (κ2) is 9.55. The Morgan fingerprint density at radius 3 is 2.52 bits per heavy atom. The molecule has 0 bridgehead atoms. The van der Waals surface area contributed by atoms with E-state index in [4.69, 9.17) is 4.74 Å². The first-order valence-electron chi connectivity index (χ1n) is 10.6. The summed E-state index contributed by atoms with van der Waals surface area (Å²) in [6.07, 6.45) is 5.71. The lowest BCUT2D eigenvalue weighted by molar-refractivity contribution is -0.0361. The number of carbonyl (C=O) groups is 1. The number of morpholine rings is 1. The number of ether oxygens (including phenoxy) is 1.